The molecule has 0 aromatic heterocycles. The molecule has 21 heavy (non-hydrogen) atoms. The summed E-state index contributed by atoms with van der Waals surface area (Å²) in [6.45, 7) is 3.00. The molecule has 1 saturated heterocycles. The highest BCUT2D eigenvalue weighted by Gasteiger charge is 2.28. The Kier molecular flexibility index (Phi) is 4.53. The Morgan fingerprint density at radius 1 is 1.33 bits per heavy atom. The zero-order chi connectivity index (χ0) is 15.6. The Hall–Kier alpha value is -1.60. The van der Waals surface area contributed by atoms with Gasteiger partial charge in [0, 0.05) is 18.7 Å². The molecule has 7 heteroatoms. The maximum absolute atomic E-state index is 12.5. The van der Waals surface area contributed by atoms with Crippen LogP contribution in [0.5, 0.6) is 5.75 Å². The summed E-state index contributed by atoms with van der Waals surface area (Å²) >= 11 is 0. The maximum atomic E-state index is 12.5. The average Bonchev–Trinajstić information content (AvgIpc) is 2.46. The number of piperidine rings is 1. The normalized spacial score (nSPS) is 17.6. The fourth-order valence-electron chi connectivity index (χ4n) is 2.38. The van der Waals surface area contributed by atoms with E-state index >= 15 is 0 Å². The van der Waals surface area contributed by atoms with Crippen LogP contribution in [0, 0.1) is 5.92 Å². The van der Waals surface area contributed by atoms with Gasteiger partial charge in [-0.25, -0.2) is 8.42 Å². The number of hydrogen-bond donors (Lipinski definition) is 0. The minimum absolute atomic E-state index is 0.0444. The van der Waals surface area contributed by atoms with Crippen molar-refractivity contribution in [2.24, 2.45) is 5.92 Å². The van der Waals surface area contributed by atoms with Crippen LogP contribution in [0.3, 0.4) is 0 Å². The number of benzene rings is 1. The van der Waals surface area contributed by atoms with Crippen molar-refractivity contribution in [1.82, 2.24) is 4.31 Å². The van der Waals surface area contributed by atoms with Crippen LogP contribution in [0.15, 0.2) is 23.1 Å². The highest BCUT2D eigenvalue weighted by Crippen LogP contribution is 2.27. The van der Waals surface area contributed by atoms with Gasteiger partial charge in [0.2, 0.25) is 10.0 Å². The Labute approximate surface area is 124 Å². The van der Waals surface area contributed by atoms with E-state index in [1.807, 2.05) is 0 Å². The van der Waals surface area contributed by atoms with Crippen molar-refractivity contribution >= 4 is 16.0 Å². The number of carboxylic acid groups (broad SMARTS) is 1. The SMILES string of the molecule is COc1ccc(S(=O)(=O)N2CCC(C)CC2)cc1C(=O)[O-]. The molecule has 6 nitrogen and oxygen atoms in total. The lowest BCUT2D eigenvalue weighted by Crippen LogP contribution is -2.38. The molecule has 2 rings (SSSR count). The summed E-state index contributed by atoms with van der Waals surface area (Å²) in [5.74, 6) is -0.872. The molecule has 1 aromatic rings. The van der Waals surface area contributed by atoms with Gasteiger partial charge in [-0.2, -0.15) is 4.31 Å². The molecule has 0 saturated carbocycles. The van der Waals surface area contributed by atoms with Gasteiger partial charge in [0.25, 0.3) is 0 Å². The lowest BCUT2D eigenvalue weighted by molar-refractivity contribution is -0.255. The van der Waals surface area contributed by atoms with E-state index in [2.05, 4.69) is 6.92 Å². The molecule has 1 aromatic carbocycles. The van der Waals surface area contributed by atoms with Crippen molar-refractivity contribution in [3.05, 3.63) is 23.8 Å². The van der Waals surface area contributed by atoms with Gasteiger partial charge in [0.1, 0.15) is 5.75 Å². The quantitative estimate of drug-likeness (QED) is 0.807. The number of aromatic carboxylic acids is 1. The van der Waals surface area contributed by atoms with Crippen LogP contribution in [0.1, 0.15) is 30.1 Å². The molecule has 1 aliphatic heterocycles. The maximum Gasteiger partial charge on any atom is 0.243 e. The van der Waals surface area contributed by atoms with E-state index in [1.54, 1.807) is 0 Å². The molecule has 1 fully saturated rings. The summed E-state index contributed by atoms with van der Waals surface area (Å²) in [5.41, 5.74) is -0.260. The fourth-order valence-corrected chi connectivity index (χ4v) is 3.88. The van der Waals surface area contributed by atoms with Crippen molar-refractivity contribution in [2.75, 3.05) is 20.2 Å². The predicted molar refractivity (Wildman–Crippen MR) is 74.5 cm³/mol. The topological polar surface area (TPSA) is 86.7 Å². The van der Waals surface area contributed by atoms with Crippen molar-refractivity contribution < 1.29 is 23.1 Å². The van der Waals surface area contributed by atoms with Crippen LogP contribution >= 0.6 is 0 Å². The third-order valence-corrected chi connectivity index (χ3v) is 5.67. The molecule has 0 unspecified atom stereocenters. The molecule has 0 N–H and O–H groups in total. The molecular weight excluding hydrogens is 294 g/mol. The summed E-state index contributed by atoms with van der Waals surface area (Å²) in [6.07, 6.45) is 1.62. The monoisotopic (exact) mass is 312 g/mol. The molecule has 1 aliphatic rings. The minimum atomic E-state index is -3.68. The third-order valence-electron chi connectivity index (χ3n) is 3.77. The first-order valence-corrected chi connectivity index (χ1v) is 8.20. The van der Waals surface area contributed by atoms with Gasteiger partial charge in [-0.05, 0) is 37.0 Å². The van der Waals surface area contributed by atoms with Gasteiger partial charge in [0.15, 0.2) is 0 Å². The van der Waals surface area contributed by atoms with E-state index in [1.165, 1.54) is 23.5 Å². The molecule has 0 amide bonds. The first kappa shape index (κ1) is 15.8. The van der Waals surface area contributed by atoms with Gasteiger partial charge in [-0.15, -0.1) is 0 Å². The Morgan fingerprint density at radius 2 is 1.95 bits per heavy atom. The lowest BCUT2D eigenvalue weighted by Gasteiger charge is -2.29. The number of rotatable bonds is 4. The Balaban J connectivity index is 2.36. The molecule has 0 radical (unpaired) electrons. The van der Waals surface area contributed by atoms with E-state index in [0.29, 0.717) is 19.0 Å². The van der Waals surface area contributed by atoms with Crippen LogP contribution in [-0.2, 0) is 10.0 Å². The molecular formula is C14H18NO5S-. The summed E-state index contributed by atoms with van der Waals surface area (Å²) in [5, 5.41) is 11.1. The van der Waals surface area contributed by atoms with Gasteiger partial charge < -0.3 is 14.6 Å². The first-order chi connectivity index (χ1) is 9.86. The smallest absolute Gasteiger partial charge is 0.243 e. The molecule has 0 aliphatic carbocycles. The lowest BCUT2D eigenvalue weighted by atomic mass is 10.0. The van der Waals surface area contributed by atoms with E-state index in [4.69, 9.17) is 4.74 Å². The van der Waals surface area contributed by atoms with Crippen LogP contribution in [0.2, 0.25) is 0 Å². The summed E-state index contributed by atoms with van der Waals surface area (Å²) < 4.78 is 31.4. The second-order valence-electron chi connectivity index (χ2n) is 5.24. The van der Waals surface area contributed by atoms with Crippen molar-refractivity contribution in [2.45, 2.75) is 24.7 Å². The number of carboxylic acids is 1. The second kappa shape index (κ2) is 6.03. The van der Waals surface area contributed by atoms with E-state index in [0.717, 1.165) is 18.9 Å². The Morgan fingerprint density at radius 3 is 2.48 bits per heavy atom. The highest BCUT2D eigenvalue weighted by atomic mass is 32.2. The van der Waals surface area contributed by atoms with Gasteiger partial charge in [0.05, 0.1) is 18.0 Å². The van der Waals surface area contributed by atoms with Gasteiger partial charge in [-0.3, -0.25) is 0 Å². The third kappa shape index (κ3) is 3.19. The zero-order valence-corrected chi connectivity index (χ0v) is 12.9. The number of nitrogens with zero attached hydrogens (tertiary/aromatic N) is 1. The van der Waals surface area contributed by atoms with Crippen LogP contribution in [-0.4, -0.2) is 38.9 Å². The van der Waals surface area contributed by atoms with Gasteiger partial charge in [-0.1, -0.05) is 6.92 Å². The van der Waals surface area contributed by atoms with Crippen molar-refractivity contribution in [1.29, 1.82) is 0 Å². The zero-order valence-electron chi connectivity index (χ0n) is 12.0. The molecule has 0 spiro atoms. The summed E-state index contributed by atoms with van der Waals surface area (Å²) in [4.78, 5) is 11.0. The van der Waals surface area contributed by atoms with Crippen LogP contribution in [0.4, 0.5) is 0 Å². The van der Waals surface area contributed by atoms with E-state index in [-0.39, 0.29) is 16.2 Å². The standard InChI is InChI=1S/C14H19NO5S/c1-10-5-7-15(8-6-10)21(18,19)11-3-4-13(20-2)12(9-11)14(16)17/h3-4,9-10H,5-8H2,1-2H3,(H,16,17)/p-1. The summed E-state index contributed by atoms with van der Waals surface area (Å²) in [6, 6.07) is 3.80. The minimum Gasteiger partial charge on any atom is -0.545 e. The van der Waals surface area contributed by atoms with Crippen molar-refractivity contribution in [3.8, 4) is 5.75 Å². The number of carbonyl (C=O) groups excluding carboxylic acids is 1. The largest absolute Gasteiger partial charge is 0.545 e. The van der Waals surface area contributed by atoms with Crippen molar-refractivity contribution in [3.63, 3.8) is 0 Å². The Bertz CT molecular complexity index is 633. The average molecular weight is 312 g/mol. The predicted octanol–water partition coefficient (Wildman–Crippen LogP) is 0.479. The highest BCUT2D eigenvalue weighted by molar-refractivity contribution is 7.89. The first-order valence-electron chi connectivity index (χ1n) is 6.75. The number of methoxy groups -OCH3 is 1. The van der Waals surface area contributed by atoms with Gasteiger partial charge >= 0.3 is 0 Å². The van der Waals surface area contributed by atoms with Crippen LogP contribution < -0.4 is 9.84 Å². The molecule has 116 valence electrons. The molecule has 0 atom stereocenters. The van der Waals surface area contributed by atoms with E-state index in [9.17, 15) is 18.3 Å². The molecule has 0 bridgehead atoms. The fraction of sp³-hybridized carbons (Fsp3) is 0.500. The van der Waals surface area contributed by atoms with E-state index < -0.39 is 16.0 Å². The number of sulfonamides is 1. The number of ether oxygens (including phenoxy) is 1. The summed E-state index contributed by atoms with van der Waals surface area (Å²) in [7, 11) is -2.36. The second-order valence-corrected chi connectivity index (χ2v) is 7.17. The molecule has 1 heterocycles. The number of carbonyl (C=O) groups is 1. The van der Waals surface area contributed by atoms with Crippen LogP contribution in [0.25, 0.3) is 0 Å². The number of hydrogen-bond acceptors (Lipinski definition) is 5.